The SMILES string of the molecule is Nc1c(C(=O)O)ncn1-c1ccccn1. The minimum atomic E-state index is -1.15. The largest absolute Gasteiger partial charge is 0.476 e. The van der Waals surface area contributed by atoms with Crippen molar-refractivity contribution >= 4 is 11.8 Å². The van der Waals surface area contributed by atoms with Gasteiger partial charge in [0.25, 0.3) is 0 Å². The summed E-state index contributed by atoms with van der Waals surface area (Å²) in [5.41, 5.74) is 5.45. The van der Waals surface area contributed by atoms with Crippen molar-refractivity contribution < 1.29 is 9.90 Å². The first-order valence-corrected chi connectivity index (χ1v) is 4.17. The van der Waals surface area contributed by atoms with Crippen LogP contribution in [0, 0.1) is 0 Å². The number of carboxylic acids is 1. The minimum absolute atomic E-state index is 0.0706. The summed E-state index contributed by atoms with van der Waals surface area (Å²) in [5, 5.41) is 8.75. The second-order valence-corrected chi connectivity index (χ2v) is 2.84. The summed E-state index contributed by atoms with van der Waals surface area (Å²) in [6.45, 7) is 0. The van der Waals surface area contributed by atoms with E-state index in [1.165, 1.54) is 10.9 Å². The van der Waals surface area contributed by atoms with Gasteiger partial charge in [-0.2, -0.15) is 0 Å². The maximum Gasteiger partial charge on any atom is 0.358 e. The standard InChI is InChI=1S/C9H8N4O2/c10-8-7(9(14)15)12-5-13(8)6-3-1-2-4-11-6/h1-5H,10H2,(H,14,15). The Bertz CT molecular complexity index is 492. The van der Waals surface area contributed by atoms with Crippen LogP contribution < -0.4 is 5.73 Å². The van der Waals surface area contributed by atoms with Gasteiger partial charge in [-0.05, 0) is 12.1 Å². The highest BCUT2D eigenvalue weighted by Crippen LogP contribution is 2.14. The van der Waals surface area contributed by atoms with E-state index >= 15 is 0 Å². The molecule has 0 aliphatic carbocycles. The molecule has 0 unspecified atom stereocenters. The lowest BCUT2D eigenvalue weighted by Crippen LogP contribution is -2.05. The highest BCUT2D eigenvalue weighted by atomic mass is 16.4. The number of rotatable bonds is 2. The molecule has 0 aliphatic rings. The molecule has 0 atom stereocenters. The Morgan fingerprint density at radius 1 is 1.40 bits per heavy atom. The number of pyridine rings is 1. The number of nitrogen functional groups attached to an aromatic ring is 1. The Morgan fingerprint density at radius 2 is 2.20 bits per heavy atom. The first-order chi connectivity index (χ1) is 7.20. The van der Waals surface area contributed by atoms with Gasteiger partial charge in [-0.25, -0.2) is 14.8 Å². The van der Waals surface area contributed by atoms with Gasteiger partial charge in [0.1, 0.15) is 18.0 Å². The second-order valence-electron chi connectivity index (χ2n) is 2.84. The third-order valence-electron chi connectivity index (χ3n) is 1.90. The van der Waals surface area contributed by atoms with Gasteiger partial charge in [-0.1, -0.05) is 6.07 Å². The number of aromatic nitrogens is 3. The van der Waals surface area contributed by atoms with E-state index < -0.39 is 5.97 Å². The van der Waals surface area contributed by atoms with Crippen LogP contribution in [0.1, 0.15) is 10.5 Å². The molecule has 2 aromatic rings. The number of aromatic carboxylic acids is 1. The quantitative estimate of drug-likeness (QED) is 0.744. The highest BCUT2D eigenvalue weighted by Gasteiger charge is 2.15. The summed E-state index contributed by atoms with van der Waals surface area (Å²) in [5.74, 6) is -0.543. The number of hydrogen-bond acceptors (Lipinski definition) is 4. The number of anilines is 1. The van der Waals surface area contributed by atoms with E-state index in [1.807, 2.05) is 0 Å². The van der Waals surface area contributed by atoms with Gasteiger partial charge in [0.2, 0.25) is 0 Å². The lowest BCUT2D eigenvalue weighted by molar-refractivity contribution is 0.0692. The molecule has 0 radical (unpaired) electrons. The second kappa shape index (κ2) is 3.41. The highest BCUT2D eigenvalue weighted by molar-refractivity contribution is 5.90. The molecule has 6 heteroatoms. The Hall–Kier alpha value is -2.37. The zero-order valence-corrected chi connectivity index (χ0v) is 7.66. The Labute approximate surface area is 85.0 Å². The minimum Gasteiger partial charge on any atom is -0.476 e. The van der Waals surface area contributed by atoms with Crippen molar-refractivity contribution in [1.29, 1.82) is 0 Å². The van der Waals surface area contributed by atoms with Crippen molar-refractivity contribution in [1.82, 2.24) is 14.5 Å². The van der Waals surface area contributed by atoms with Crippen LogP contribution in [0.4, 0.5) is 5.82 Å². The molecule has 0 amide bonds. The number of hydrogen-bond donors (Lipinski definition) is 2. The fourth-order valence-corrected chi connectivity index (χ4v) is 1.20. The Balaban J connectivity index is 2.52. The van der Waals surface area contributed by atoms with Crippen LogP contribution in [0.3, 0.4) is 0 Å². The van der Waals surface area contributed by atoms with E-state index in [0.29, 0.717) is 5.82 Å². The van der Waals surface area contributed by atoms with Gasteiger partial charge >= 0.3 is 5.97 Å². The van der Waals surface area contributed by atoms with Crippen LogP contribution >= 0.6 is 0 Å². The maximum absolute atomic E-state index is 10.7. The van der Waals surface area contributed by atoms with Crippen molar-refractivity contribution in [2.45, 2.75) is 0 Å². The Kier molecular flexibility index (Phi) is 2.09. The van der Waals surface area contributed by atoms with Crippen LogP contribution in [0.2, 0.25) is 0 Å². The molecule has 3 N–H and O–H groups in total. The molecule has 0 aliphatic heterocycles. The van der Waals surface area contributed by atoms with Crippen LogP contribution in [0.15, 0.2) is 30.7 Å². The monoisotopic (exact) mass is 204 g/mol. The van der Waals surface area contributed by atoms with Gasteiger partial charge in [-0.15, -0.1) is 0 Å². The first kappa shape index (κ1) is 9.20. The number of imidazole rings is 1. The lowest BCUT2D eigenvalue weighted by atomic mass is 10.4. The molecule has 0 aromatic carbocycles. The molecular formula is C9H8N4O2. The number of nitrogens with zero attached hydrogens (tertiary/aromatic N) is 3. The molecule has 15 heavy (non-hydrogen) atoms. The molecular weight excluding hydrogens is 196 g/mol. The van der Waals surface area contributed by atoms with Crippen molar-refractivity contribution in [2.24, 2.45) is 0 Å². The average Bonchev–Trinajstić information content (AvgIpc) is 2.61. The van der Waals surface area contributed by atoms with E-state index in [0.717, 1.165) is 0 Å². The fourth-order valence-electron chi connectivity index (χ4n) is 1.20. The summed E-state index contributed by atoms with van der Waals surface area (Å²) >= 11 is 0. The first-order valence-electron chi connectivity index (χ1n) is 4.17. The molecule has 2 aromatic heterocycles. The van der Waals surface area contributed by atoms with E-state index in [4.69, 9.17) is 10.8 Å². The average molecular weight is 204 g/mol. The van der Waals surface area contributed by atoms with E-state index in [-0.39, 0.29) is 11.5 Å². The van der Waals surface area contributed by atoms with Crippen LogP contribution in [-0.4, -0.2) is 25.6 Å². The molecule has 2 heterocycles. The Morgan fingerprint density at radius 3 is 2.73 bits per heavy atom. The van der Waals surface area contributed by atoms with Crippen molar-refractivity contribution in [3.63, 3.8) is 0 Å². The third kappa shape index (κ3) is 1.52. The summed E-state index contributed by atoms with van der Waals surface area (Å²) in [7, 11) is 0. The lowest BCUT2D eigenvalue weighted by Gasteiger charge is -2.02. The zero-order chi connectivity index (χ0) is 10.8. The van der Waals surface area contributed by atoms with E-state index in [2.05, 4.69) is 9.97 Å². The van der Waals surface area contributed by atoms with Crippen LogP contribution in [0.5, 0.6) is 0 Å². The zero-order valence-electron chi connectivity index (χ0n) is 7.66. The summed E-state index contributed by atoms with van der Waals surface area (Å²) in [4.78, 5) is 18.4. The summed E-state index contributed by atoms with van der Waals surface area (Å²) < 4.78 is 1.42. The molecule has 0 saturated heterocycles. The maximum atomic E-state index is 10.7. The van der Waals surface area contributed by atoms with Gasteiger partial charge < -0.3 is 10.8 Å². The van der Waals surface area contributed by atoms with E-state index in [1.54, 1.807) is 24.4 Å². The molecule has 0 bridgehead atoms. The normalized spacial score (nSPS) is 10.1. The predicted molar refractivity (Wildman–Crippen MR) is 52.7 cm³/mol. The third-order valence-corrected chi connectivity index (χ3v) is 1.90. The molecule has 0 fully saturated rings. The van der Waals surface area contributed by atoms with Gasteiger partial charge in [-0.3, -0.25) is 4.57 Å². The van der Waals surface area contributed by atoms with Crippen molar-refractivity contribution in [3.05, 3.63) is 36.4 Å². The number of carboxylic acid groups (broad SMARTS) is 1. The van der Waals surface area contributed by atoms with Gasteiger partial charge in [0.05, 0.1) is 0 Å². The molecule has 2 rings (SSSR count). The smallest absolute Gasteiger partial charge is 0.358 e. The topological polar surface area (TPSA) is 94.0 Å². The molecule has 0 saturated carbocycles. The summed E-state index contributed by atoms with van der Waals surface area (Å²) in [6, 6.07) is 5.25. The summed E-state index contributed by atoms with van der Waals surface area (Å²) in [6.07, 6.45) is 2.93. The van der Waals surface area contributed by atoms with Crippen molar-refractivity contribution in [3.8, 4) is 5.82 Å². The molecule has 0 spiro atoms. The predicted octanol–water partition coefficient (Wildman–Crippen LogP) is 0.548. The number of carbonyl (C=O) groups is 1. The van der Waals surface area contributed by atoms with Gasteiger partial charge in [0.15, 0.2) is 5.69 Å². The van der Waals surface area contributed by atoms with Crippen LogP contribution in [-0.2, 0) is 0 Å². The van der Waals surface area contributed by atoms with Crippen LogP contribution in [0.25, 0.3) is 5.82 Å². The molecule has 76 valence electrons. The van der Waals surface area contributed by atoms with Gasteiger partial charge in [0, 0.05) is 6.20 Å². The molecule has 6 nitrogen and oxygen atoms in total. The van der Waals surface area contributed by atoms with E-state index in [9.17, 15) is 4.79 Å². The number of nitrogens with two attached hydrogens (primary N) is 1. The fraction of sp³-hybridized carbons (Fsp3) is 0. The van der Waals surface area contributed by atoms with Crippen molar-refractivity contribution in [2.75, 3.05) is 5.73 Å².